The topological polar surface area (TPSA) is 77.4 Å². The van der Waals surface area contributed by atoms with Crippen molar-refractivity contribution in [3.05, 3.63) is 65.2 Å². The Hall–Kier alpha value is -3.61. The molecule has 2 fully saturated rings. The fourth-order valence-electron chi connectivity index (χ4n) is 5.90. The van der Waals surface area contributed by atoms with Gasteiger partial charge in [0.1, 0.15) is 11.5 Å². The molecule has 0 spiro atoms. The Labute approximate surface area is 224 Å². The summed E-state index contributed by atoms with van der Waals surface area (Å²) in [6.07, 6.45) is 9.92. The molecular weight excluding hydrogens is 480 g/mol. The molecule has 0 aromatic heterocycles. The number of benzene rings is 2. The molecule has 1 amide bonds. The third-order valence-corrected chi connectivity index (χ3v) is 7.95. The van der Waals surface area contributed by atoms with Crippen LogP contribution < -0.4 is 9.47 Å². The molecule has 7 heteroatoms. The number of amides is 1. The van der Waals surface area contributed by atoms with E-state index in [9.17, 15) is 9.59 Å². The Morgan fingerprint density at radius 2 is 1.55 bits per heavy atom. The first kappa shape index (κ1) is 26.0. The summed E-state index contributed by atoms with van der Waals surface area (Å²) in [6, 6.07) is 15.5. The van der Waals surface area contributed by atoms with E-state index in [0.717, 1.165) is 85.3 Å². The third kappa shape index (κ3) is 5.62. The van der Waals surface area contributed by atoms with Gasteiger partial charge in [0.2, 0.25) is 0 Å². The molecule has 0 radical (unpaired) electrons. The largest absolute Gasteiger partial charge is 0.497 e. The maximum absolute atomic E-state index is 13.5. The lowest BCUT2D eigenvalue weighted by Crippen LogP contribution is -2.35. The predicted molar refractivity (Wildman–Crippen MR) is 146 cm³/mol. The molecule has 0 saturated heterocycles. The zero-order chi connectivity index (χ0) is 26.5. The number of hydrogen-bond acceptors (Lipinski definition) is 6. The van der Waals surface area contributed by atoms with Gasteiger partial charge in [0.05, 0.1) is 31.9 Å². The van der Waals surface area contributed by atoms with E-state index >= 15 is 0 Å². The lowest BCUT2D eigenvalue weighted by molar-refractivity contribution is -0.157. The number of carbonyl (C=O) groups excluding carboxylic acids is 2. The molecule has 38 heavy (non-hydrogen) atoms. The minimum Gasteiger partial charge on any atom is -0.497 e. The summed E-state index contributed by atoms with van der Waals surface area (Å²) in [6.45, 7) is -0.289. The second kappa shape index (κ2) is 11.8. The standard InChI is InChI=1S/C31H36N2O5/c1-36-25-15-11-21(12-16-25)19-24-9-6-10-27-29(24)32-33(30(27)22-13-17-26(37-2)18-14-22)28(34)20-38-31(35)23-7-4-3-5-8-23/h11-19,23,27,30H,3-10,20H2,1-2H3. The monoisotopic (exact) mass is 516 g/mol. The van der Waals surface area contributed by atoms with Crippen molar-refractivity contribution in [3.63, 3.8) is 0 Å². The molecular formula is C31H36N2O5. The summed E-state index contributed by atoms with van der Waals surface area (Å²) >= 11 is 0. The van der Waals surface area contributed by atoms with Crippen LogP contribution in [0.25, 0.3) is 6.08 Å². The van der Waals surface area contributed by atoms with Crippen LogP contribution >= 0.6 is 0 Å². The molecule has 1 aliphatic heterocycles. The number of hydrazone groups is 1. The van der Waals surface area contributed by atoms with Crippen LogP contribution in [0.5, 0.6) is 11.5 Å². The number of nitrogens with zero attached hydrogens (tertiary/aromatic N) is 2. The SMILES string of the molecule is COc1ccc(C=C2CCCC3C2=NN(C(=O)COC(=O)C2CCCCC2)C3c2ccc(OC)cc2)cc1. The van der Waals surface area contributed by atoms with Crippen molar-refractivity contribution < 1.29 is 23.8 Å². The van der Waals surface area contributed by atoms with Crippen molar-refractivity contribution >= 4 is 23.7 Å². The summed E-state index contributed by atoms with van der Waals surface area (Å²) in [4.78, 5) is 26.1. The van der Waals surface area contributed by atoms with Crippen LogP contribution in [0, 0.1) is 11.8 Å². The van der Waals surface area contributed by atoms with Crippen molar-refractivity contribution in [1.29, 1.82) is 0 Å². The summed E-state index contributed by atoms with van der Waals surface area (Å²) < 4.78 is 16.2. The Morgan fingerprint density at radius 1 is 0.895 bits per heavy atom. The summed E-state index contributed by atoms with van der Waals surface area (Å²) in [5.41, 5.74) is 4.14. The lowest BCUT2D eigenvalue weighted by Gasteiger charge is -2.29. The maximum atomic E-state index is 13.5. The average Bonchev–Trinajstić information content (AvgIpc) is 3.37. The van der Waals surface area contributed by atoms with Gasteiger partial charge in [-0.3, -0.25) is 9.59 Å². The van der Waals surface area contributed by atoms with Gasteiger partial charge in [0.15, 0.2) is 6.61 Å². The molecule has 5 rings (SSSR count). The first-order valence-electron chi connectivity index (χ1n) is 13.6. The molecule has 200 valence electrons. The highest BCUT2D eigenvalue weighted by Crippen LogP contribution is 2.44. The van der Waals surface area contributed by atoms with Crippen LogP contribution in [-0.2, 0) is 14.3 Å². The number of ether oxygens (including phenoxy) is 3. The van der Waals surface area contributed by atoms with Gasteiger partial charge >= 0.3 is 5.97 Å². The molecule has 2 atom stereocenters. The highest BCUT2D eigenvalue weighted by atomic mass is 16.5. The normalized spacial score (nSPS) is 22.5. The molecule has 3 aliphatic rings. The highest BCUT2D eigenvalue weighted by molar-refractivity contribution is 6.08. The number of methoxy groups -OCH3 is 2. The van der Waals surface area contributed by atoms with Gasteiger partial charge in [-0.1, -0.05) is 43.5 Å². The van der Waals surface area contributed by atoms with Crippen LogP contribution in [0.2, 0.25) is 0 Å². The fraction of sp³-hybridized carbons (Fsp3) is 0.452. The third-order valence-electron chi connectivity index (χ3n) is 7.95. The van der Waals surface area contributed by atoms with Gasteiger partial charge in [-0.05, 0) is 79.1 Å². The predicted octanol–water partition coefficient (Wildman–Crippen LogP) is 5.95. The average molecular weight is 517 g/mol. The number of carbonyl (C=O) groups is 2. The van der Waals surface area contributed by atoms with Crippen LogP contribution in [-0.4, -0.2) is 43.4 Å². The zero-order valence-corrected chi connectivity index (χ0v) is 22.2. The molecule has 7 nitrogen and oxygen atoms in total. The van der Waals surface area contributed by atoms with Crippen LogP contribution in [0.15, 0.2) is 59.2 Å². The highest BCUT2D eigenvalue weighted by Gasteiger charge is 2.44. The molecule has 2 unspecified atom stereocenters. The van der Waals surface area contributed by atoms with E-state index in [1.165, 1.54) is 0 Å². The molecule has 1 heterocycles. The van der Waals surface area contributed by atoms with E-state index in [1.54, 1.807) is 19.2 Å². The molecule has 2 aliphatic carbocycles. The summed E-state index contributed by atoms with van der Waals surface area (Å²) in [5, 5.41) is 6.46. The van der Waals surface area contributed by atoms with Gasteiger partial charge in [0, 0.05) is 5.92 Å². The second-order valence-electron chi connectivity index (χ2n) is 10.3. The van der Waals surface area contributed by atoms with Crippen molar-refractivity contribution in [2.45, 2.75) is 57.4 Å². The quantitative estimate of drug-likeness (QED) is 0.425. The number of fused-ring (bicyclic) bond motifs is 1. The minimum atomic E-state index is -0.291. The van der Waals surface area contributed by atoms with Crippen LogP contribution in [0.3, 0.4) is 0 Å². The van der Waals surface area contributed by atoms with E-state index in [4.69, 9.17) is 19.3 Å². The number of hydrogen-bond donors (Lipinski definition) is 0. The lowest BCUT2D eigenvalue weighted by atomic mass is 9.77. The van der Waals surface area contributed by atoms with Gasteiger partial charge in [-0.25, -0.2) is 5.01 Å². The van der Waals surface area contributed by atoms with E-state index in [-0.39, 0.29) is 36.4 Å². The Bertz CT molecular complexity index is 1200. The summed E-state index contributed by atoms with van der Waals surface area (Å²) in [7, 11) is 3.30. The molecule has 0 N–H and O–H groups in total. The molecule has 2 aromatic carbocycles. The van der Waals surface area contributed by atoms with Gasteiger partial charge in [-0.15, -0.1) is 0 Å². The van der Waals surface area contributed by atoms with Gasteiger partial charge in [-0.2, -0.15) is 5.10 Å². The summed E-state index contributed by atoms with van der Waals surface area (Å²) in [5.74, 6) is 0.992. The van der Waals surface area contributed by atoms with Crippen molar-refractivity contribution in [3.8, 4) is 11.5 Å². The van der Waals surface area contributed by atoms with Gasteiger partial charge in [0.25, 0.3) is 5.91 Å². The van der Waals surface area contributed by atoms with E-state index in [0.29, 0.717) is 0 Å². The second-order valence-corrected chi connectivity index (χ2v) is 10.3. The number of rotatable bonds is 7. The van der Waals surface area contributed by atoms with Crippen molar-refractivity contribution in [1.82, 2.24) is 5.01 Å². The molecule has 2 saturated carbocycles. The Morgan fingerprint density at radius 3 is 2.21 bits per heavy atom. The first-order valence-corrected chi connectivity index (χ1v) is 13.6. The van der Waals surface area contributed by atoms with E-state index in [1.807, 2.05) is 48.5 Å². The fourth-order valence-corrected chi connectivity index (χ4v) is 5.90. The van der Waals surface area contributed by atoms with E-state index < -0.39 is 0 Å². The first-order chi connectivity index (χ1) is 18.6. The Balaban J connectivity index is 1.41. The van der Waals surface area contributed by atoms with Crippen molar-refractivity contribution in [2.24, 2.45) is 16.9 Å². The number of allylic oxidation sites excluding steroid dienone is 1. The molecule has 0 bridgehead atoms. The Kier molecular flexibility index (Phi) is 8.11. The zero-order valence-electron chi connectivity index (χ0n) is 22.2. The van der Waals surface area contributed by atoms with Gasteiger partial charge < -0.3 is 14.2 Å². The van der Waals surface area contributed by atoms with Crippen LogP contribution in [0.4, 0.5) is 0 Å². The smallest absolute Gasteiger partial charge is 0.309 e. The minimum absolute atomic E-state index is 0.0691. The van der Waals surface area contributed by atoms with E-state index in [2.05, 4.69) is 6.08 Å². The maximum Gasteiger partial charge on any atom is 0.309 e. The van der Waals surface area contributed by atoms with Crippen LogP contribution in [0.1, 0.15) is 68.5 Å². The molecule has 2 aromatic rings. The number of esters is 1. The van der Waals surface area contributed by atoms with Crippen molar-refractivity contribution in [2.75, 3.05) is 20.8 Å².